The summed E-state index contributed by atoms with van der Waals surface area (Å²) < 4.78 is 39.4. The highest BCUT2D eigenvalue weighted by Gasteiger charge is 2.26. The number of nitrogens with two attached hydrogens (primary N) is 1. The topological polar surface area (TPSA) is 63.4 Å². The highest BCUT2D eigenvalue weighted by atomic mass is 32.2. The Hall–Kier alpha value is -0.980. The van der Waals surface area contributed by atoms with Crippen molar-refractivity contribution in [1.82, 2.24) is 4.31 Å². The van der Waals surface area contributed by atoms with Crippen LogP contribution in [0.4, 0.5) is 4.39 Å². The monoisotopic (exact) mass is 274 g/mol. The zero-order chi connectivity index (χ0) is 13.8. The Kier molecular flexibility index (Phi) is 5.25. The zero-order valence-electron chi connectivity index (χ0n) is 10.6. The fourth-order valence-electron chi connectivity index (χ4n) is 1.61. The third-order valence-electron chi connectivity index (χ3n) is 2.72. The fourth-order valence-corrected chi connectivity index (χ4v) is 3.25. The molecule has 18 heavy (non-hydrogen) atoms. The van der Waals surface area contributed by atoms with Crippen LogP contribution in [0.1, 0.15) is 13.8 Å². The van der Waals surface area contributed by atoms with Crippen LogP contribution < -0.4 is 5.73 Å². The van der Waals surface area contributed by atoms with Crippen molar-refractivity contribution < 1.29 is 12.8 Å². The van der Waals surface area contributed by atoms with Crippen LogP contribution in [0.2, 0.25) is 0 Å². The van der Waals surface area contributed by atoms with Gasteiger partial charge in [-0.1, -0.05) is 26.0 Å². The van der Waals surface area contributed by atoms with Crippen LogP contribution in [0.25, 0.3) is 0 Å². The van der Waals surface area contributed by atoms with E-state index in [2.05, 4.69) is 0 Å². The smallest absolute Gasteiger partial charge is 0.245 e. The van der Waals surface area contributed by atoms with Gasteiger partial charge in [0.2, 0.25) is 10.0 Å². The van der Waals surface area contributed by atoms with Gasteiger partial charge in [-0.25, -0.2) is 12.8 Å². The summed E-state index contributed by atoms with van der Waals surface area (Å²) in [6.45, 7) is 4.56. The number of hydrogen-bond acceptors (Lipinski definition) is 3. The van der Waals surface area contributed by atoms with E-state index in [0.29, 0.717) is 19.6 Å². The van der Waals surface area contributed by atoms with Crippen LogP contribution >= 0.6 is 0 Å². The Morgan fingerprint density at radius 2 is 2.00 bits per heavy atom. The van der Waals surface area contributed by atoms with Crippen LogP contribution in [0.15, 0.2) is 29.2 Å². The normalized spacial score (nSPS) is 13.8. The molecule has 102 valence electrons. The molecule has 0 spiro atoms. The lowest BCUT2D eigenvalue weighted by Gasteiger charge is -2.23. The van der Waals surface area contributed by atoms with Crippen LogP contribution in [0.5, 0.6) is 0 Å². The predicted octanol–water partition coefficient (Wildman–Crippen LogP) is 1.43. The molecule has 0 saturated heterocycles. The first-order valence-electron chi connectivity index (χ1n) is 5.88. The van der Waals surface area contributed by atoms with Crippen molar-refractivity contribution in [2.75, 3.05) is 19.6 Å². The summed E-state index contributed by atoms with van der Waals surface area (Å²) in [5.41, 5.74) is 5.49. The highest BCUT2D eigenvalue weighted by molar-refractivity contribution is 7.89. The molecule has 0 heterocycles. The van der Waals surface area contributed by atoms with Crippen LogP contribution in [0, 0.1) is 11.7 Å². The third-order valence-corrected chi connectivity index (χ3v) is 4.70. The zero-order valence-corrected chi connectivity index (χ0v) is 11.5. The van der Waals surface area contributed by atoms with Crippen LogP contribution in [-0.2, 0) is 10.0 Å². The average molecular weight is 274 g/mol. The number of nitrogens with zero attached hydrogens (tertiary/aromatic N) is 1. The minimum Gasteiger partial charge on any atom is -0.330 e. The van der Waals surface area contributed by atoms with Gasteiger partial charge in [0.25, 0.3) is 0 Å². The predicted molar refractivity (Wildman–Crippen MR) is 69.1 cm³/mol. The Bertz CT molecular complexity index is 491. The molecule has 0 aliphatic carbocycles. The van der Waals surface area contributed by atoms with E-state index in [0.717, 1.165) is 6.07 Å². The van der Waals surface area contributed by atoms with E-state index >= 15 is 0 Å². The van der Waals surface area contributed by atoms with Gasteiger partial charge < -0.3 is 5.73 Å². The molecule has 0 bridgehead atoms. The lowest BCUT2D eigenvalue weighted by molar-refractivity contribution is 0.369. The highest BCUT2D eigenvalue weighted by Crippen LogP contribution is 2.19. The summed E-state index contributed by atoms with van der Waals surface area (Å²) in [5.74, 6) is -0.692. The second kappa shape index (κ2) is 6.26. The van der Waals surface area contributed by atoms with Gasteiger partial charge in [-0.15, -0.1) is 0 Å². The Morgan fingerprint density at radius 1 is 1.39 bits per heavy atom. The number of halogens is 1. The lowest BCUT2D eigenvalue weighted by atomic mass is 10.2. The quantitative estimate of drug-likeness (QED) is 0.853. The fraction of sp³-hybridized carbons (Fsp3) is 0.500. The second-order valence-corrected chi connectivity index (χ2v) is 6.13. The molecule has 0 aromatic heterocycles. The van der Waals surface area contributed by atoms with Gasteiger partial charge in [-0.2, -0.15) is 4.31 Å². The van der Waals surface area contributed by atoms with Gasteiger partial charge in [0.15, 0.2) is 0 Å². The molecule has 1 unspecified atom stereocenters. The van der Waals surface area contributed by atoms with E-state index in [1.54, 1.807) is 6.92 Å². The molecule has 0 fully saturated rings. The molecule has 0 aliphatic heterocycles. The van der Waals surface area contributed by atoms with Crippen molar-refractivity contribution in [3.05, 3.63) is 30.1 Å². The molecule has 0 radical (unpaired) electrons. The number of hydrogen-bond donors (Lipinski definition) is 1. The van der Waals surface area contributed by atoms with Crippen molar-refractivity contribution in [3.8, 4) is 0 Å². The molecular formula is C12H19FN2O2S. The Morgan fingerprint density at radius 3 is 2.50 bits per heavy atom. The van der Waals surface area contributed by atoms with Gasteiger partial charge in [0.05, 0.1) is 0 Å². The van der Waals surface area contributed by atoms with Crippen molar-refractivity contribution in [2.24, 2.45) is 11.7 Å². The van der Waals surface area contributed by atoms with E-state index in [1.807, 2.05) is 6.92 Å². The Labute approximate surface area is 108 Å². The minimum atomic E-state index is -3.78. The molecule has 1 atom stereocenters. The van der Waals surface area contributed by atoms with Gasteiger partial charge in [-0.05, 0) is 24.6 Å². The van der Waals surface area contributed by atoms with E-state index in [-0.39, 0.29) is 10.8 Å². The molecular weight excluding hydrogens is 255 g/mol. The molecule has 4 nitrogen and oxygen atoms in total. The van der Waals surface area contributed by atoms with E-state index in [9.17, 15) is 12.8 Å². The molecule has 1 aromatic rings. The summed E-state index contributed by atoms with van der Waals surface area (Å²) in [6, 6.07) is 5.40. The SMILES string of the molecule is CCN(CC(C)CN)S(=O)(=O)c1ccccc1F. The molecule has 0 saturated carbocycles. The third kappa shape index (κ3) is 3.28. The summed E-state index contributed by atoms with van der Waals surface area (Å²) in [6.07, 6.45) is 0. The summed E-state index contributed by atoms with van der Waals surface area (Å²) in [7, 11) is -3.78. The minimum absolute atomic E-state index is 0.0338. The molecule has 0 aliphatic rings. The first-order chi connectivity index (χ1) is 8.43. The average Bonchev–Trinajstić information content (AvgIpc) is 2.35. The van der Waals surface area contributed by atoms with E-state index < -0.39 is 15.8 Å². The molecule has 1 rings (SSSR count). The molecule has 1 aromatic carbocycles. The van der Waals surface area contributed by atoms with E-state index in [1.165, 1.54) is 22.5 Å². The van der Waals surface area contributed by atoms with Gasteiger partial charge in [0.1, 0.15) is 10.7 Å². The number of rotatable bonds is 6. The standard InChI is InChI=1S/C12H19FN2O2S/c1-3-15(9-10(2)8-14)18(16,17)12-7-5-4-6-11(12)13/h4-7,10H,3,8-9,14H2,1-2H3. The maximum atomic E-state index is 13.6. The van der Waals surface area contributed by atoms with Crippen molar-refractivity contribution in [2.45, 2.75) is 18.7 Å². The summed E-state index contributed by atoms with van der Waals surface area (Å²) in [4.78, 5) is -0.281. The van der Waals surface area contributed by atoms with Crippen molar-refractivity contribution in [1.29, 1.82) is 0 Å². The van der Waals surface area contributed by atoms with Crippen LogP contribution in [0.3, 0.4) is 0 Å². The maximum absolute atomic E-state index is 13.6. The number of sulfonamides is 1. The van der Waals surface area contributed by atoms with Gasteiger partial charge >= 0.3 is 0 Å². The van der Waals surface area contributed by atoms with Gasteiger partial charge in [0, 0.05) is 13.1 Å². The second-order valence-electron chi connectivity index (χ2n) is 4.23. The van der Waals surface area contributed by atoms with Crippen molar-refractivity contribution >= 4 is 10.0 Å². The van der Waals surface area contributed by atoms with E-state index in [4.69, 9.17) is 5.73 Å². The first-order valence-corrected chi connectivity index (χ1v) is 7.32. The summed E-state index contributed by atoms with van der Waals surface area (Å²) in [5, 5.41) is 0. The molecule has 6 heteroatoms. The lowest BCUT2D eigenvalue weighted by Crippen LogP contribution is -2.36. The number of benzene rings is 1. The van der Waals surface area contributed by atoms with Crippen LogP contribution in [-0.4, -0.2) is 32.4 Å². The molecule has 2 N–H and O–H groups in total. The Balaban J connectivity index is 3.08. The summed E-state index contributed by atoms with van der Waals surface area (Å²) >= 11 is 0. The largest absolute Gasteiger partial charge is 0.330 e. The van der Waals surface area contributed by atoms with Gasteiger partial charge in [-0.3, -0.25) is 0 Å². The first kappa shape index (κ1) is 15.1. The van der Waals surface area contributed by atoms with Crippen molar-refractivity contribution in [3.63, 3.8) is 0 Å². The molecule has 0 amide bonds. The maximum Gasteiger partial charge on any atom is 0.245 e.